The van der Waals surface area contributed by atoms with E-state index >= 15 is 0 Å². The van der Waals surface area contributed by atoms with Gasteiger partial charge in [0.05, 0.1) is 0 Å². The molecule has 5 nitrogen and oxygen atoms in total. The van der Waals surface area contributed by atoms with Crippen LogP contribution in [0.3, 0.4) is 0 Å². The molecule has 2 unspecified atom stereocenters. The van der Waals surface area contributed by atoms with Crippen molar-refractivity contribution in [2.75, 3.05) is 26.2 Å². The Morgan fingerprint density at radius 2 is 2.04 bits per heavy atom. The van der Waals surface area contributed by atoms with Crippen LogP contribution in [0.5, 0.6) is 0 Å². The Balaban J connectivity index is 1.37. The molecule has 1 amide bonds. The van der Waals surface area contributed by atoms with E-state index in [1.807, 2.05) is 0 Å². The van der Waals surface area contributed by atoms with E-state index in [-0.39, 0.29) is 30.3 Å². The Kier molecular flexibility index (Phi) is 4.77. The molecule has 0 spiro atoms. The number of aryl methyl sites for hydroxylation is 1. The second-order valence-corrected chi connectivity index (χ2v) is 8.42. The number of halogens is 2. The quantitative estimate of drug-likeness (QED) is 0.748. The van der Waals surface area contributed by atoms with Gasteiger partial charge in [-0.2, -0.15) is 0 Å². The smallest absolute Gasteiger partial charge is 0.262 e. The molecule has 3 aliphatic rings. The van der Waals surface area contributed by atoms with Crippen molar-refractivity contribution in [2.24, 2.45) is 11.8 Å². The van der Waals surface area contributed by atoms with Gasteiger partial charge >= 0.3 is 0 Å². The molecule has 146 valence electrons. The summed E-state index contributed by atoms with van der Waals surface area (Å²) in [6, 6.07) is 4.28. The van der Waals surface area contributed by atoms with E-state index in [2.05, 4.69) is 11.8 Å². The van der Waals surface area contributed by atoms with Crippen molar-refractivity contribution in [3.8, 4) is 0 Å². The van der Waals surface area contributed by atoms with E-state index in [9.17, 15) is 19.1 Å². The number of benzene rings is 1. The number of piperidine rings is 1. The molecule has 4 atom stereocenters. The Labute approximate surface area is 163 Å². The Morgan fingerprint density at radius 3 is 2.67 bits per heavy atom. The average molecular weight is 395 g/mol. The number of rotatable bonds is 6. The predicted octanol–water partition coefficient (Wildman–Crippen LogP) is 1.89. The normalized spacial score (nSPS) is 32.8. The lowest BCUT2D eigenvalue weighted by Gasteiger charge is -2.25. The number of carbonyl (C=O) groups excluding carboxylic acids is 2. The summed E-state index contributed by atoms with van der Waals surface area (Å²) in [6.07, 6.45) is 0.366. The number of aliphatic hydroxyl groups is 1. The molecule has 0 bridgehead atoms. The molecule has 1 aromatic rings. The van der Waals surface area contributed by atoms with Crippen LogP contribution in [0.25, 0.3) is 0 Å². The van der Waals surface area contributed by atoms with Crippen LogP contribution in [0.2, 0.25) is 5.02 Å². The second-order valence-electron chi connectivity index (χ2n) is 7.98. The van der Waals surface area contributed by atoms with Crippen LogP contribution in [-0.4, -0.2) is 64.4 Å². The minimum absolute atomic E-state index is 0.0169. The van der Waals surface area contributed by atoms with E-state index in [4.69, 9.17) is 11.6 Å². The van der Waals surface area contributed by atoms with Crippen molar-refractivity contribution in [3.63, 3.8) is 0 Å². The zero-order valence-electron chi connectivity index (χ0n) is 15.3. The Bertz CT molecular complexity index is 756. The van der Waals surface area contributed by atoms with Gasteiger partial charge in [0.1, 0.15) is 5.82 Å². The van der Waals surface area contributed by atoms with Crippen LogP contribution in [0.1, 0.15) is 25.3 Å². The topological polar surface area (TPSA) is 60.9 Å². The lowest BCUT2D eigenvalue weighted by atomic mass is 9.92. The molecular weight excluding hydrogens is 371 g/mol. The molecule has 0 aromatic heterocycles. The van der Waals surface area contributed by atoms with E-state index in [0.29, 0.717) is 23.9 Å². The third-order valence-electron chi connectivity index (χ3n) is 6.39. The molecule has 1 aromatic carbocycles. The molecule has 2 aliphatic heterocycles. The summed E-state index contributed by atoms with van der Waals surface area (Å²) in [5, 5.41) is 11.0. The van der Waals surface area contributed by atoms with Crippen LogP contribution in [0, 0.1) is 17.7 Å². The molecule has 0 radical (unpaired) electrons. The second kappa shape index (κ2) is 6.83. The standard InChI is InChI=1S/C20H24ClFN2O3/c1-2-23-10-15-16(11-23)18(15)24-6-5-20(27,19(24)26)17(25)4-3-12-7-13(21)9-14(22)8-12/h7-9,15-16,18,27H,2-6,10-11H2,1H3/t15-,16+,18?,20?. The number of nitrogens with zero attached hydrogens (tertiary/aromatic N) is 2. The SMILES string of the molecule is CCN1C[C@@H]2C(N3CCC(O)(C(=O)CCc4cc(F)cc(Cl)c4)C3=O)[C@@H]2C1. The minimum Gasteiger partial charge on any atom is -0.373 e. The van der Waals surface area contributed by atoms with Crippen LogP contribution in [0.15, 0.2) is 18.2 Å². The maximum absolute atomic E-state index is 13.4. The average Bonchev–Trinajstić information content (AvgIpc) is 2.97. The molecule has 7 heteroatoms. The summed E-state index contributed by atoms with van der Waals surface area (Å²) >= 11 is 5.83. The molecule has 1 N–H and O–H groups in total. The van der Waals surface area contributed by atoms with Crippen molar-refractivity contribution >= 4 is 23.3 Å². The maximum atomic E-state index is 13.4. The van der Waals surface area contributed by atoms with Gasteiger partial charge in [-0.1, -0.05) is 18.5 Å². The third-order valence-corrected chi connectivity index (χ3v) is 6.60. The Morgan fingerprint density at radius 1 is 1.33 bits per heavy atom. The van der Waals surface area contributed by atoms with Crippen LogP contribution in [-0.2, 0) is 16.0 Å². The van der Waals surface area contributed by atoms with E-state index in [0.717, 1.165) is 19.6 Å². The summed E-state index contributed by atoms with van der Waals surface area (Å²) in [5.74, 6) is -0.460. The zero-order valence-corrected chi connectivity index (χ0v) is 16.1. The fourth-order valence-corrected chi connectivity index (χ4v) is 5.04. The van der Waals surface area contributed by atoms with Crippen molar-refractivity contribution in [1.82, 2.24) is 9.80 Å². The fraction of sp³-hybridized carbons (Fsp3) is 0.600. The number of carbonyl (C=O) groups is 2. The predicted molar refractivity (Wildman–Crippen MR) is 98.9 cm³/mol. The summed E-state index contributed by atoms with van der Waals surface area (Å²) < 4.78 is 13.4. The number of ketones is 1. The minimum atomic E-state index is -1.93. The summed E-state index contributed by atoms with van der Waals surface area (Å²) in [6.45, 7) is 5.55. The molecule has 2 saturated heterocycles. The van der Waals surface area contributed by atoms with Gasteiger partial charge in [0.25, 0.3) is 5.91 Å². The maximum Gasteiger partial charge on any atom is 0.262 e. The monoisotopic (exact) mass is 394 g/mol. The van der Waals surface area contributed by atoms with Gasteiger partial charge in [-0.3, -0.25) is 9.59 Å². The number of fused-ring (bicyclic) bond motifs is 1. The number of hydrogen-bond acceptors (Lipinski definition) is 4. The van der Waals surface area contributed by atoms with Crippen LogP contribution < -0.4 is 0 Å². The third kappa shape index (κ3) is 3.28. The number of hydrogen-bond donors (Lipinski definition) is 1. The van der Waals surface area contributed by atoms with E-state index in [1.54, 1.807) is 11.0 Å². The number of likely N-dealkylation sites (tertiary alicyclic amines) is 2. The first-order valence-corrected chi connectivity index (χ1v) is 9.95. The largest absolute Gasteiger partial charge is 0.373 e. The highest BCUT2D eigenvalue weighted by Crippen LogP contribution is 2.50. The lowest BCUT2D eigenvalue weighted by molar-refractivity contribution is -0.153. The molecule has 1 saturated carbocycles. The van der Waals surface area contributed by atoms with Gasteiger partial charge in [-0.25, -0.2) is 4.39 Å². The van der Waals surface area contributed by atoms with Crippen molar-refractivity contribution in [1.29, 1.82) is 0 Å². The number of Topliss-reactive ketones (excluding diaryl/α,β-unsaturated/α-hetero) is 1. The molecule has 1 aliphatic carbocycles. The number of amides is 1. The fourth-order valence-electron chi connectivity index (χ4n) is 4.79. The molecular formula is C20H24ClFN2O3. The van der Waals surface area contributed by atoms with Crippen molar-refractivity contribution in [2.45, 2.75) is 37.8 Å². The lowest BCUT2D eigenvalue weighted by Crippen LogP contribution is -2.48. The van der Waals surface area contributed by atoms with Crippen LogP contribution in [0.4, 0.5) is 4.39 Å². The highest BCUT2D eigenvalue weighted by atomic mass is 35.5. The highest BCUT2D eigenvalue weighted by molar-refractivity contribution is 6.30. The van der Waals surface area contributed by atoms with Gasteiger partial charge < -0.3 is 14.9 Å². The van der Waals surface area contributed by atoms with Gasteiger partial charge in [-0.15, -0.1) is 0 Å². The van der Waals surface area contributed by atoms with Crippen LogP contribution >= 0.6 is 11.6 Å². The van der Waals surface area contributed by atoms with Crippen molar-refractivity contribution in [3.05, 3.63) is 34.6 Å². The summed E-state index contributed by atoms with van der Waals surface area (Å²) in [5.41, 5.74) is -1.35. The first-order chi connectivity index (χ1) is 12.8. The first-order valence-electron chi connectivity index (χ1n) is 9.57. The molecule has 2 heterocycles. The van der Waals surface area contributed by atoms with Crippen molar-refractivity contribution < 1.29 is 19.1 Å². The summed E-state index contributed by atoms with van der Waals surface area (Å²) in [4.78, 5) is 29.5. The summed E-state index contributed by atoms with van der Waals surface area (Å²) in [7, 11) is 0. The first kappa shape index (κ1) is 18.8. The zero-order chi connectivity index (χ0) is 19.3. The molecule has 3 fully saturated rings. The van der Waals surface area contributed by atoms with Gasteiger partial charge in [0.2, 0.25) is 5.60 Å². The molecule has 27 heavy (non-hydrogen) atoms. The van der Waals surface area contributed by atoms with E-state index < -0.39 is 23.1 Å². The Hall–Kier alpha value is -1.50. The highest BCUT2D eigenvalue weighted by Gasteiger charge is 2.63. The van der Waals surface area contributed by atoms with Gasteiger partial charge in [-0.05, 0) is 48.6 Å². The van der Waals surface area contributed by atoms with E-state index in [1.165, 1.54) is 12.1 Å². The molecule has 4 rings (SSSR count). The van der Waals surface area contributed by atoms with Gasteiger partial charge in [0.15, 0.2) is 5.78 Å². The van der Waals surface area contributed by atoms with Gasteiger partial charge in [0, 0.05) is 43.5 Å².